The molecular weight excluding hydrogens is 1530 g/mol. The van der Waals surface area contributed by atoms with Crippen molar-refractivity contribution in [1.82, 2.24) is 0 Å². The lowest BCUT2D eigenvalue weighted by molar-refractivity contribution is 1.92. The Morgan fingerprint density at radius 2 is 0.102 bits per heavy atom. The maximum atomic E-state index is 4.96. The molecule has 0 aromatic heterocycles. The summed E-state index contributed by atoms with van der Waals surface area (Å²) in [4.78, 5) is 0. The summed E-state index contributed by atoms with van der Waals surface area (Å²) in [5.41, 5.74) is 0. The fourth-order valence-electron chi connectivity index (χ4n) is 3.88. The summed E-state index contributed by atoms with van der Waals surface area (Å²) < 4.78 is 0. The maximum Gasteiger partial charge on any atom is 0 e. The topological polar surface area (TPSA) is 0 Å². The van der Waals surface area contributed by atoms with Gasteiger partial charge in [-0.2, -0.15) is 0 Å². The van der Waals surface area contributed by atoms with Crippen LogP contribution in [0.1, 0.15) is 6.92 Å². The SMILES string of the molecule is C#CC#CC#CC#CC#CC#CC#CC#CC#CC#CC#CC#CC#CC#CC#CC#CC#CC#CC#CC#CC#CC#CC#CC#CC#CC#CC#CC#CC#CC#CC#CC#CC#CC#CC#CC#CC#CC#CC#CC#CC#CC#CC#CC#CC#CC#CC#CC#CC#CC#CC#CC#CC#CC#CC#CC#CC#CC#CC#CC#CC#CC#CC#CC. The Balaban J connectivity index is 4.65. The summed E-state index contributed by atoms with van der Waals surface area (Å²) in [5.74, 6) is 312. The van der Waals surface area contributed by atoms with Crippen molar-refractivity contribution in [2.45, 2.75) is 6.92 Å². The molecule has 512 valence electrons. The predicted octanol–water partition coefficient (Wildman–Crippen LogP) is 0.850. The van der Waals surface area contributed by atoms with Gasteiger partial charge in [0.25, 0.3) is 0 Å². The summed E-state index contributed by atoms with van der Waals surface area (Å²) in [6.45, 7) is 1.68. The highest BCUT2D eigenvalue weighted by atomic mass is 13.7. The summed E-state index contributed by atoms with van der Waals surface area (Å²) in [5, 5.41) is 0. The van der Waals surface area contributed by atoms with Gasteiger partial charge in [-0.25, -0.2) is 0 Å². The van der Waals surface area contributed by atoms with Crippen molar-refractivity contribution in [3.05, 3.63) is 0 Å². The Bertz CT molecular complexity index is 8870. The van der Waals surface area contributed by atoms with E-state index in [0.29, 0.717) is 0 Å². The lowest BCUT2D eigenvalue weighted by atomic mass is 10.4. The molecule has 0 atom stereocenters. The van der Waals surface area contributed by atoms with E-state index in [1.165, 1.54) is 0 Å². The molecule has 0 saturated heterocycles. The minimum absolute atomic E-state index is 1.68. The van der Waals surface area contributed by atoms with Crippen LogP contribution in [-0.4, -0.2) is 0 Å². The van der Waals surface area contributed by atoms with Gasteiger partial charge in [0.1, 0.15) is 0 Å². The van der Waals surface area contributed by atoms with Gasteiger partial charge in [-0.3, -0.25) is 0 Å². The average Bonchev–Trinajstić information content (AvgIpc) is 1.16. The fourth-order valence-corrected chi connectivity index (χ4v) is 3.88. The summed E-state index contributed by atoms with van der Waals surface area (Å²) >= 11 is 0. The molecule has 0 saturated carbocycles. The summed E-state index contributed by atoms with van der Waals surface area (Å²) in [7, 11) is 0. The smallest absolute Gasteiger partial charge is 0 e. The molecule has 0 aliphatic carbocycles. The van der Waals surface area contributed by atoms with Crippen LogP contribution in [0.3, 0.4) is 0 Å². The van der Waals surface area contributed by atoms with Crippen molar-refractivity contribution in [3.8, 4) is 746 Å². The van der Waals surface area contributed by atoms with Gasteiger partial charge in [0.2, 0.25) is 0 Å². The van der Waals surface area contributed by atoms with Crippen LogP contribution < -0.4 is 0 Å². The Morgan fingerprint density at radius 3 is 0.142 bits per heavy atom. The van der Waals surface area contributed by atoms with Crippen LogP contribution in [0, 0.1) is 746 Å². The largest absolute Gasteiger partial charge is 0.106 e. The molecule has 0 amide bonds. The van der Waals surface area contributed by atoms with E-state index in [1.807, 2.05) is 0 Å². The van der Waals surface area contributed by atoms with E-state index in [1.54, 1.807) is 6.92 Å². The summed E-state index contributed by atoms with van der Waals surface area (Å²) in [6, 6.07) is 0. The van der Waals surface area contributed by atoms with Gasteiger partial charge in [0, 0.05) is 639 Å². The normalized spacial score (nSPS) is 3.97. The third kappa shape index (κ3) is 98.3. The molecule has 0 radical (unpaired) electrons. The first-order valence-electron chi connectivity index (χ1n) is 31.8. The molecule has 127 heavy (non-hydrogen) atoms. The van der Waals surface area contributed by atoms with Gasteiger partial charge < -0.3 is 0 Å². The van der Waals surface area contributed by atoms with Crippen LogP contribution in [0.25, 0.3) is 0 Å². The fraction of sp³-hybridized carbons (Fsp3) is 0.00787. The highest BCUT2D eigenvalue weighted by molar-refractivity contribution is 5.58. The molecule has 0 aliphatic rings. The molecule has 0 rings (SSSR count). The minimum Gasteiger partial charge on any atom is -0.106 e. The molecule has 0 bridgehead atoms. The molecule has 0 fully saturated rings. The molecule has 0 heteroatoms. The van der Waals surface area contributed by atoms with Crippen LogP contribution in [0.15, 0.2) is 0 Å². The standard InChI is InChI=1S/C127H4/c1-3-5-7-9-11-13-15-17-19-21-23-25-27-29-31-33-35-37-39-41-43-45-47-49-51-53-55-57-59-61-63-65-67-69-71-73-75-77-79-81-83-85-87-89-91-93-95-97-99-101-103-105-107-109-111-113-115-117-119-121-123-125-127-126-124-122-120-118-116-114-112-110-108-106-104-102-100-98-96-94-92-90-88-86-84-82-80-78-76-74-72-70-68-66-64-62-60-58-56-54-52-50-48-46-44-42-40-38-36-34-32-30-28-26-24-22-20-18-16-14-12-10-8-6-4-2/h1H,2H3. The zero-order valence-electron chi connectivity index (χ0n) is 64.1. The third-order valence-electron chi connectivity index (χ3n) is 7.82. The molecule has 0 aliphatic heterocycles. The first-order valence-corrected chi connectivity index (χ1v) is 31.8. The van der Waals surface area contributed by atoms with Crippen molar-refractivity contribution < 1.29 is 0 Å². The number of terminal acetylenes is 1. The van der Waals surface area contributed by atoms with Crippen LogP contribution in [0.5, 0.6) is 0 Å². The monoisotopic (exact) mass is 1530 g/mol. The van der Waals surface area contributed by atoms with E-state index < -0.39 is 0 Å². The molecule has 0 aromatic rings. The lowest BCUT2D eigenvalue weighted by Crippen LogP contribution is -1.57. The Kier molecular flexibility index (Phi) is 76.8. The number of hydrogen-bond donors (Lipinski definition) is 0. The van der Waals surface area contributed by atoms with E-state index in [-0.39, 0.29) is 0 Å². The lowest BCUT2D eigenvalue weighted by Gasteiger charge is -1.58. The molecule has 0 N–H and O–H groups in total. The minimum atomic E-state index is 1.68. The van der Waals surface area contributed by atoms with E-state index in [0.717, 1.165) is 0 Å². The molecule has 0 spiro atoms. The van der Waals surface area contributed by atoms with E-state index in [9.17, 15) is 0 Å². The van der Waals surface area contributed by atoms with E-state index in [2.05, 4.69) is 740 Å². The van der Waals surface area contributed by atoms with Crippen LogP contribution >= 0.6 is 0 Å². The predicted molar refractivity (Wildman–Crippen MR) is 497 cm³/mol. The van der Waals surface area contributed by atoms with Gasteiger partial charge in [0.05, 0.1) is 0 Å². The average molecular weight is 1530 g/mol. The molecular formula is C127H4. The number of hydrogen-bond acceptors (Lipinski definition) is 0. The zero-order chi connectivity index (χ0) is 90.4. The second-order valence-electron chi connectivity index (χ2n) is 15.8. The number of rotatable bonds is 0. The van der Waals surface area contributed by atoms with Gasteiger partial charge in [-0.05, 0) is 102 Å². The second kappa shape index (κ2) is 98.3. The van der Waals surface area contributed by atoms with Crippen molar-refractivity contribution in [2.75, 3.05) is 0 Å². The Morgan fingerprint density at radius 1 is 0.0630 bits per heavy atom. The highest BCUT2D eigenvalue weighted by Crippen LogP contribution is 1.70. The van der Waals surface area contributed by atoms with Crippen LogP contribution in [0.4, 0.5) is 0 Å². The molecule has 0 aromatic carbocycles. The maximum absolute atomic E-state index is 4.96. The Hall–Kier alpha value is -27.7. The third-order valence-corrected chi connectivity index (χ3v) is 7.82. The van der Waals surface area contributed by atoms with Crippen LogP contribution in [0.2, 0.25) is 0 Å². The molecule has 0 heterocycles. The quantitative estimate of drug-likeness (QED) is 0.317. The first-order chi connectivity index (χ1) is 63.4. The van der Waals surface area contributed by atoms with Crippen molar-refractivity contribution in [3.63, 3.8) is 0 Å². The second-order valence-corrected chi connectivity index (χ2v) is 15.8. The zero-order valence-corrected chi connectivity index (χ0v) is 64.1. The van der Waals surface area contributed by atoms with Crippen molar-refractivity contribution >= 4 is 0 Å². The van der Waals surface area contributed by atoms with Gasteiger partial charge >= 0.3 is 0 Å². The molecule has 0 unspecified atom stereocenters. The van der Waals surface area contributed by atoms with Gasteiger partial charge in [-0.1, -0.05) is 5.92 Å². The van der Waals surface area contributed by atoms with E-state index in [4.69, 9.17) is 6.42 Å². The first kappa shape index (κ1) is 99.3. The van der Waals surface area contributed by atoms with Gasteiger partial charge in [-0.15, -0.1) is 6.42 Å². The van der Waals surface area contributed by atoms with Crippen LogP contribution in [-0.2, 0) is 0 Å². The van der Waals surface area contributed by atoms with Crippen molar-refractivity contribution in [2.24, 2.45) is 0 Å². The van der Waals surface area contributed by atoms with E-state index >= 15 is 0 Å². The van der Waals surface area contributed by atoms with Gasteiger partial charge in [0.15, 0.2) is 0 Å². The van der Waals surface area contributed by atoms with Crippen molar-refractivity contribution in [1.29, 1.82) is 0 Å². The summed E-state index contributed by atoms with van der Waals surface area (Å²) in [6.07, 6.45) is 4.96. The Labute approximate surface area is 748 Å². The highest BCUT2D eigenvalue weighted by Gasteiger charge is 1.70. The molecule has 0 nitrogen and oxygen atoms in total.